The Morgan fingerprint density at radius 3 is 2.55 bits per heavy atom. The smallest absolute Gasteiger partial charge is 0.175 e. The lowest BCUT2D eigenvalue weighted by molar-refractivity contribution is 0.0993. The molecule has 2 aromatic rings. The molecule has 0 spiro atoms. The Kier molecular flexibility index (Phi) is 2.87. The number of para-hydroxylation sites is 1. The van der Waals surface area contributed by atoms with Gasteiger partial charge in [0.05, 0.1) is 10.5 Å². The molecule has 0 saturated heterocycles. The van der Waals surface area contributed by atoms with Gasteiger partial charge in [-0.1, -0.05) is 18.2 Å². The molecule has 1 aliphatic heterocycles. The second kappa shape index (κ2) is 4.45. The number of Topliss-reactive ketones (excluding diaryl/α,β-unsaturated/α-hetero) is 1. The van der Waals surface area contributed by atoms with Crippen LogP contribution in [0.15, 0.2) is 47.4 Å². The molecule has 1 heterocycles. The number of hydrogen-bond donors (Lipinski definition) is 0. The average Bonchev–Trinajstić information content (AvgIpc) is 2.53. The largest absolute Gasteiger partial charge is 0.456 e. The van der Waals surface area contributed by atoms with Crippen molar-refractivity contribution in [3.05, 3.63) is 53.6 Å². The Bertz CT molecular complexity index is 806. The van der Waals surface area contributed by atoms with Crippen LogP contribution in [0.3, 0.4) is 0 Å². The van der Waals surface area contributed by atoms with Gasteiger partial charge in [-0.15, -0.1) is 0 Å². The minimum atomic E-state index is -3.35. The molecule has 20 heavy (non-hydrogen) atoms. The van der Waals surface area contributed by atoms with Gasteiger partial charge in [0.2, 0.25) is 0 Å². The molecule has 0 fully saturated rings. The highest BCUT2D eigenvalue weighted by Gasteiger charge is 2.22. The minimum absolute atomic E-state index is 0.124. The Balaban J connectivity index is 2.16. The number of hydrogen-bond acceptors (Lipinski definition) is 4. The number of sulfone groups is 1. The van der Waals surface area contributed by atoms with Gasteiger partial charge in [-0.3, -0.25) is 4.79 Å². The summed E-state index contributed by atoms with van der Waals surface area (Å²) < 4.78 is 28.9. The van der Waals surface area contributed by atoms with Crippen molar-refractivity contribution in [3.8, 4) is 11.5 Å². The fourth-order valence-electron chi connectivity index (χ4n) is 2.18. The van der Waals surface area contributed by atoms with Crippen LogP contribution in [0.4, 0.5) is 0 Å². The van der Waals surface area contributed by atoms with Crippen molar-refractivity contribution in [1.29, 1.82) is 0 Å². The van der Waals surface area contributed by atoms with Gasteiger partial charge in [0.15, 0.2) is 15.6 Å². The molecule has 0 unspecified atom stereocenters. The first-order chi connectivity index (χ1) is 9.45. The third kappa shape index (κ3) is 2.20. The van der Waals surface area contributed by atoms with Gasteiger partial charge in [0.1, 0.15) is 11.5 Å². The summed E-state index contributed by atoms with van der Waals surface area (Å²) in [5.74, 6) is 0.884. The third-order valence-corrected chi connectivity index (χ3v) is 4.33. The summed E-state index contributed by atoms with van der Waals surface area (Å²) in [7, 11) is -3.35. The number of ketones is 1. The van der Waals surface area contributed by atoms with E-state index in [1.54, 1.807) is 6.07 Å². The SMILES string of the molecule is CS(=O)(=O)c1ccc2c(c1)C(=O)Cc1ccccc1O2. The van der Waals surface area contributed by atoms with Crippen LogP contribution in [0.2, 0.25) is 0 Å². The summed E-state index contributed by atoms with van der Waals surface area (Å²) in [6.45, 7) is 0. The number of carbonyl (C=O) groups is 1. The average molecular weight is 288 g/mol. The number of carbonyl (C=O) groups excluding carboxylic acids is 1. The zero-order chi connectivity index (χ0) is 14.3. The van der Waals surface area contributed by atoms with Crippen LogP contribution in [0.25, 0.3) is 0 Å². The van der Waals surface area contributed by atoms with E-state index in [9.17, 15) is 13.2 Å². The van der Waals surface area contributed by atoms with E-state index >= 15 is 0 Å². The summed E-state index contributed by atoms with van der Waals surface area (Å²) >= 11 is 0. The van der Waals surface area contributed by atoms with Crippen LogP contribution in [0, 0.1) is 0 Å². The molecule has 0 aromatic heterocycles. The number of benzene rings is 2. The Hall–Kier alpha value is -2.14. The summed E-state index contributed by atoms with van der Waals surface area (Å²) in [6, 6.07) is 11.7. The minimum Gasteiger partial charge on any atom is -0.456 e. The van der Waals surface area contributed by atoms with Gasteiger partial charge < -0.3 is 4.74 Å². The molecule has 0 atom stereocenters. The van der Waals surface area contributed by atoms with Crippen molar-refractivity contribution in [2.45, 2.75) is 11.3 Å². The van der Waals surface area contributed by atoms with Crippen LogP contribution in [-0.2, 0) is 16.3 Å². The quantitative estimate of drug-likeness (QED) is 0.809. The summed E-state index contributed by atoms with van der Waals surface area (Å²) in [5.41, 5.74) is 1.11. The lowest BCUT2D eigenvalue weighted by atomic mass is 10.0. The van der Waals surface area contributed by atoms with Gasteiger partial charge >= 0.3 is 0 Å². The number of ether oxygens (including phenoxy) is 1. The highest BCUT2D eigenvalue weighted by atomic mass is 32.2. The molecular weight excluding hydrogens is 276 g/mol. The zero-order valence-electron chi connectivity index (χ0n) is 10.8. The van der Waals surface area contributed by atoms with Crippen LogP contribution in [0.1, 0.15) is 15.9 Å². The predicted octanol–water partition coefficient (Wildman–Crippen LogP) is 2.62. The van der Waals surface area contributed by atoms with E-state index in [0.29, 0.717) is 17.1 Å². The van der Waals surface area contributed by atoms with E-state index < -0.39 is 9.84 Å². The molecule has 0 amide bonds. The van der Waals surface area contributed by atoms with Crippen LogP contribution in [-0.4, -0.2) is 20.5 Å². The summed E-state index contributed by atoms with van der Waals surface area (Å²) in [6.07, 6.45) is 1.32. The van der Waals surface area contributed by atoms with E-state index in [4.69, 9.17) is 4.74 Å². The standard InChI is InChI=1S/C15H12O4S/c1-20(17,18)11-6-7-15-12(9-11)13(16)8-10-4-2-3-5-14(10)19-15/h2-7,9H,8H2,1H3. The molecule has 4 nitrogen and oxygen atoms in total. The summed E-state index contributed by atoms with van der Waals surface area (Å²) in [5, 5.41) is 0. The Morgan fingerprint density at radius 1 is 1.05 bits per heavy atom. The van der Waals surface area contributed by atoms with Gasteiger partial charge in [0, 0.05) is 18.2 Å². The third-order valence-electron chi connectivity index (χ3n) is 3.22. The van der Waals surface area contributed by atoms with Crippen molar-refractivity contribution < 1.29 is 17.9 Å². The van der Waals surface area contributed by atoms with Crippen LogP contribution in [0.5, 0.6) is 11.5 Å². The van der Waals surface area contributed by atoms with E-state index in [-0.39, 0.29) is 17.1 Å². The Morgan fingerprint density at radius 2 is 1.80 bits per heavy atom. The van der Waals surface area contributed by atoms with Crippen LogP contribution < -0.4 is 4.74 Å². The maximum Gasteiger partial charge on any atom is 0.175 e. The molecule has 0 bridgehead atoms. The highest BCUT2D eigenvalue weighted by Crippen LogP contribution is 2.34. The fraction of sp³-hybridized carbons (Fsp3) is 0.133. The molecule has 3 rings (SSSR count). The van der Waals surface area contributed by atoms with E-state index in [2.05, 4.69) is 0 Å². The lowest BCUT2D eigenvalue weighted by Gasteiger charge is -2.08. The Labute approximate surface area is 116 Å². The van der Waals surface area contributed by atoms with E-state index in [1.165, 1.54) is 18.2 Å². The molecule has 0 radical (unpaired) electrons. The molecule has 0 N–H and O–H groups in total. The summed E-state index contributed by atoms with van der Waals surface area (Å²) in [4.78, 5) is 12.4. The van der Waals surface area contributed by atoms with Gasteiger partial charge in [-0.05, 0) is 24.3 Å². The second-order valence-corrected chi connectivity index (χ2v) is 6.76. The lowest BCUT2D eigenvalue weighted by Crippen LogP contribution is -2.04. The van der Waals surface area contributed by atoms with Crippen molar-refractivity contribution in [2.24, 2.45) is 0 Å². The van der Waals surface area contributed by atoms with Crippen LogP contribution >= 0.6 is 0 Å². The molecular formula is C15H12O4S. The molecule has 0 saturated carbocycles. The number of rotatable bonds is 1. The molecule has 0 aliphatic carbocycles. The predicted molar refractivity (Wildman–Crippen MR) is 74.1 cm³/mol. The normalized spacial score (nSPS) is 13.9. The first-order valence-electron chi connectivity index (χ1n) is 6.08. The second-order valence-electron chi connectivity index (χ2n) is 4.74. The zero-order valence-corrected chi connectivity index (χ0v) is 11.6. The first-order valence-corrected chi connectivity index (χ1v) is 7.97. The molecule has 1 aliphatic rings. The maximum atomic E-state index is 12.3. The monoisotopic (exact) mass is 288 g/mol. The van der Waals surface area contributed by atoms with Crippen molar-refractivity contribution in [2.75, 3.05) is 6.26 Å². The van der Waals surface area contributed by atoms with E-state index in [1.807, 2.05) is 18.2 Å². The van der Waals surface area contributed by atoms with E-state index in [0.717, 1.165) is 11.8 Å². The van der Waals surface area contributed by atoms with Crippen molar-refractivity contribution in [1.82, 2.24) is 0 Å². The molecule has 2 aromatic carbocycles. The first kappa shape index (κ1) is 12.9. The fourth-order valence-corrected chi connectivity index (χ4v) is 2.83. The van der Waals surface area contributed by atoms with Gasteiger partial charge in [0.25, 0.3) is 0 Å². The molecule has 102 valence electrons. The highest BCUT2D eigenvalue weighted by molar-refractivity contribution is 7.90. The topological polar surface area (TPSA) is 60.4 Å². The van der Waals surface area contributed by atoms with Crippen molar-refractivity contribution >= 4 is 15.6 Å². The number of fused-ring (bicyclic) bond motifs is 2. The molecule has 5 heteroatoms. The van der Waals surface area contributed by atoms with Crippen molar-refractivity contribution in [3.63, 3.8) is 0 Å². The maximum absolute atomic E-state index is 12.3. The van der Waals surface area contributed by atoms with Gasteiger partial charge in [-0.2, -0.15) is 0 Å². The van der Waals surface area contributed by atoms with Gasteiger partial charge in [-0.25, -0.2) is 8.42 Å².